The van der Waals surface area contributed by atoms with E-state index in [9.17, 15) is 4.79 Å². The maximum absolute atomic E-state index is 10.9. The number of carbonyl (C=O) groups is 1. The quantitative estimate of drug-likeness (QED) is 0.477. The van der Waals surface area contributed by atoms with Gasteiger partial charge in [-0.15, -0.1) is 0 Å². The number of hydrogen-bond acceptors (Lipinski definition) is 5. The van der Waals surface area contributed by atoms with Crippen LogP contribution in [0.2, 0.25) is 0 Å². The maximum Gasteiger partial charge on any atom is 0.332 e. The Balaban J connectivity index is 1.82. The number of carbonyl (C=O) groups excluding carboxylic acids is 1. The van der Waals surface area contributed by atoms with Gasteiger partial charge >= 0.3 is 5.97 Å². The summed E-state index contributed by atoms with van der Waals surface area (Å²) in [6.45, 7) is 6.22. The summed E-state index contributed by atoms with van der Waals surface area (Å²) in [5.41, 5.74) is 0. The molecule has 1 aliphatic rings. The van der Waals surface area contributed by atoms with Gasteiger partial charge in [-0.1, -0.05) is 0 Å². The molecule has 0 aromatic carbocycles. The van der Waals surface area contributed by atoms with Gasteiger partial charge < -0.3 is 19.5 Å². The minimum Gasteiger partial charge on any atom is -0.464 e. The molecule has 0 amide bonds. The molecule has 0 aromatic heterocycles. The molecule has 16 heavy (non-hydrogen) atoms. The summed E-state index contributed by atoms with van der Waals surface area (Å²) in [6.07, 6.45) is 1.14. The van der Waals surface area contributed by atoms with Crippen LogP contribution in [0.3, 0.4) is 0 Å². The van der Waals surface area contributed by atoms with Crippen LogP contribution in [0.4, 0.5) is 0 Å². The number of rotatable bonds is 8. The van der Waals surface area contributed by atoms with Crippen molar-refractivity contribution in [1.82, 2.24) is 5.32 Å². The molecule has 1 N–H and O–H groups in total. The highest BCUT2D eigenvalue weighted by Gasteiger charge is 2.14. The molecule has 1 fully saturated rings. The van der Waals surface area contributed by atoms with E-state index in [2.05, 4.69) is 5.32 Å². The zero-order chi connectivity index (χ0) is 11.6. The first-order chi connectivity index (χ1) is 7.83. The van der Waals surface area contributed by atoms with Gasteiger partial charge in [-0.05, 0) is 19.3 Å². The summed E-state index contributed by atoms with van der Waals surface area (Å²) in [6, 6.07) is 0. The van der Waals surface area contributed by atoms with E-state index >= 15 is 0 Å². The van der Waals surface area contributed by atoms with Crippen LogP contribution < -0.4 is 5.32 Å². The Morgan fingerprint density at radius 1 is 1.56 bits per heavy atom. The van der Waals surface area contributed by atoms with E-state index < -0.39 is 0 Å². The second-order valence-corrected chi connectivity index (χ2v) is 3.79. The van der Waals surface area contributed by atoms with Gasteiger partial charge in [-0.2, -0.15) is 0 Å². The lowest BCUT2D eigenvalue weighted by atomic mass is 10.1. The molecule has 1 atom stereocenters. The normalized spacial score (nSPS) is 19.9. The van der Waals surface area contributed by atoms with Crippen molar-refractivity contribution in [2.24, 2.45) is 5.92 Å². The zero-order valence-electron chi connectivity index (χ0n) is 9.87. The first kappa shape index (κ1) is 13.4. The maximum atomic E-state index is 10.9. The molecule has 5 heteroatoms. The fraction of sp³-hybridized carbons (Fsp3) is 0.909. The van der Waals surface area contributed by atoms with Crippen molar-refractivity contribution in [3.63, 3.8) is 0 Å². The molecule has 0 aromatic rings. The van der Waals surface area contributed by atoms with E-state index in [0.717, 1.165) is 32.7 Å². The third kappa shape index (κ3) is 6.05. The lowest BCUT2D eigenvalue weighted by Gasteiger charge is -2.09. The van der Waals surface area contributed by atoms with Crippen LogP contribution in [0.25, 0.3) is 0 Å². The Morgan fingerprint density at radius 3 is 3.12 bits per heavy atom. The Labute approximate surface area is 96.4 Å². The largest absolute Gasteiger partial charge is 0.464 e. The molecule has 1 heterocycles. The third-order valence-electron chi connectivity index (χ3n) is 2.41. The molecule has 0 saturated carbocycles. The second kappa shape index (κ2) is 8.50. The van der Waals surface area contributed by atoms with Gasteiger partial charge in [0.2, 0.25) is 0 Å². The van der Waals surface area contributed by atoms with Gasteiger partial charge in [0, 0.05) is 19.7 Å². The van der Waals surface area contributed by atoms with E-state index in [4.69, 9.17) is 14.2 Å². The first-order valence-electron chi connectivity index (χ1n) is 5.84. The molecular weight excluding hydrogens is 210 g/mol. The van der Waals surface area contributed by atoms with Crippen LogP contribution in [0.1, 0.15) is 13.3 Å². The summed E-state index contributed by atoms with van der Waals surface area (Å²) in [4.78, 5) is 10.9. The topological polar surface area (TPSA) is 56.8 Å². The zero-order valence-corrected chi connectivity index (χ0v) is 9.87. The summed E-state index contributed by atoms with van der Waals surface area (Å²) < 4.78 is 15.1. The molecule has 5 nitrogen and oxygen atoms in total. The molecule has 1 saturated heterocycles. The highest BCUT2D eigenvalue weighted by Crippen LogP contribution is 2.10. The van der Waals surface area contributed by atoms with Gasteiger partial charge in [0.15, 0.2) is 0 Å². The van der Waals surface area contributed by atoms with Crippen LogP contribution in [0.15, 0.2) is 0 Å². The molecule has 0 aliphatic carbocycles. The summed E-state index contributed by atoms with van der Waals surface area (Å²) in [7, 11) is 0. The van der Waals surface area contributed by atoms with Crippen LogP contribution in [-0.2, 0) is 19.0 Å². The predicted molar refractivity (Wildman–Crippen MR) is 59.2 cm³/mol. The van der Waals surface area contributed by atoms with Gasteiger partial charge in [0.25, 0.3) is 0 Å². The highest BCUT2D eigenvalue weighted by atomic mass is 16.6. The predicted octanol–water partition coefficient (Wildman–Crippen LogP) is 0.192. The fourth-order valence-corrected chi connectivity index (χ4v) is 1.55. The smallest absolute Gasteiger partial charge is 0.332 e. The first-order valence-corrected chi connectivity index (χ1v) is 5.84. The van der Waals surface area contributed by atoms with Gasteiger partial charge in [-0.3, -0.25) is 0 Å². The SMILES string of the molecule is CCOC(=O)COCCNCC1CCOC1. The van der Waals surface area contributed by atoms with Crippen LogP contribution in [-0.4, -0.2) is 52.1 Å². The minimum atomic E-state index is -0.299. The lowest BCUT2D eigenvalue weighted by Crippen LogP contribution is -2.27. The van der Waals surface area contributed by atoms with Crippen molar-refractivity contribution in [3.8, 4) is 0 Å². The van der Waals surface area contributed by atoms with E-state index in [1.54, 1.807) is 6.92 Å². The van der Waals surface area contributed by atoms with Crippen LogP contribution in [0, 0.1) is 5.92 Å². The number of nitrogens with one attached hydrogen (secondary N) is 1. The van der Waals surface area contributed by atoms with E-state index in [-0.39, 0.29) is 12.6 Å². The van der Waals surface area contributed by atoms with Crippen molar-refractivity contribution >= 4 is 5.97 Å². The van der Waals surface area contributed by atoms with Crippen molar-refractivity contribution in [2.75, 3.05) is 46.1 Å². The average molecular weight is 231 g/mol. The number of hydrogen-bond donors (Lipinski definition) is 1. The van der Waals surface area contributed by atoms with E-state index in [1.165, 1.54) is 0 Å². The Kier molecular flexibility index (Phi) is 7.12. The highest BCUT2D eigenvalue weighted by molar-refractivity contribution is 5.70. The Hall–Kier alpha value is -0.650. The molecule has 0 spiro atoms. The van der Waals surface area contributed by atoms with E-state index in [1.807, 2.05) is 0 Å². The van der Waals surface area contributed by atoms with Gasteiger partial charge in [0.1, 0.15) is 6.61 Å². The number of ether oxygens (including phenoxy) is 3. The molecule has 0 bridgehead atoms. The summed E-state index contributed by atoms with van der Waals surface area (Å²) in [5, 5.41) is 3.28. The fourth-order valence-electron chi connectivity index (χ4n) is 1.55. The summed E-state index contributed by atoms with van der Waals surface area (Å²) >= 11 is 0. The summed E-state index contributed by atoms with van der Waals surface area (Å²) in [5.74, 6) is 0.330. The van der Waals surface area contributed by atoms with Crippen LogP contribution >= 0.6 is 0 Å². The average Bonchev–Trinajstić information content (AvgIpc) is 2.76. The number of esters is 1. The van der Waals surface area contributed by atoms with Gasteiger partial charge in [0.05, 0.1) is 19.8 Å². The molecule has 1 aliphatic heterocycles. The van der Waals surface area contributed by atoms with Crippen LogP contribution in [0.5, 0.6) is 0 Å². The minimum absolute atomic E-state index is 0.0437. The van der Waals surface area contributed by atoms with Crippen molar-refractivity contribution in [3.05, 3.63) is 0 Å². The van der Waals surface area contributed by atoms with Crippen molar-refractivity contribution < 1.29 is 19.0 Å². The second-order valence-electron chi connectivity index (χ2n) is 3.79. The molecular formula is C11H21NO4. The monoisotopic (exact) mass is 231 g/mol. The van der Waals surface area contributed by atoms with Crippen molar-refractivity contribution in [1.29, 1.82) is 0 Å². The van der Waals surface area contributed by atoms with Crippen molar-refractivity contribution in [2.45, 2.75) is 13.3 Å². The third-order valence-corrected chi connectivity index (χ3v) is 2.41. The molecule has 94 valence electrons. The Morgan fingerprint density at radius 2 is 2.44 bits per heavy atom. The lowest BCUT2D eigenvalue weighted by molar-refractivity contribution is -0.148. The molecule has 1 rings (SSSR count). The van der Waals surface area contributed by atoms with Gasteiger partial charge in [-0.25, -0.2) is 4.79 Å². The van der Waals surface area contributed by atoms with E-state index in [0.29, 0.717) is 19.1 Å². The Bertz CT molecular complexity index is 192. The molecule has 0 radical (unpaired) electrons. The standard InChI is InChI=1S/C11H21NO4/c1-2-16-11(13)9-15-6-4-12-7-10-3-5-14-8-10/h10,12H,2-9H2,1H3. The molecule has 1 unspecified atom stereocenters.